The van der Waals surface area contributed by atoms with Gasteiger partial charge in [-0.2, -0.15) is 0 Å². The van der Waals surface area contributed by atoms with Crippen molar-refractivity contribution in [3.05, 3.63) is 29.8 Å². The van der Waals surface area contributed by atoms with E-state index in [-0.39, 0.29) is 17.7 Å². The highest BCUT2D eigenvalue weighted by atomic mass is 32.2. The third-order valence-corrected chi connectivity index (χ3v) is 6.33. The quantitative estimate of drug-likeness (QED) is 0.900. The maximum atomic E-state index is 12.2. The monoisotopic (exact) mass is 309 g/mol. The van der Waals surface area contributed by atoms with E-state index in [0.29, 0.717) is 24.3 Å². The molecule has 1 fully saturated rings. The predicted octanol–water partition coefficient (Wildman–Crippen LogP) is 1.70. The Kier molecular flexibility index (Phi) is 3.75. The van der Waals surface area contributed by atoms with Crippen LogP contribution in [-0.4, -0.2) is 43.2 Å². The topological polar surface area (TPSA) is 74.7 Å². The van der Waals surface area contributed by atoms with Crippen molar-refractivity contribution in [2.45, 2.75) is 30.2 Å². The maximum absolute atomic E-state index is 12.2. The van der Waals surface area contributed by atoms with Gasteiger partial charge in [-0.15, -0.1) is 0 Å². The zero-order chi connectivity index (χ0) is 15.0. The molecule has 3 rings (SSSR count). The van der Waals surface area contributed by atoms with Crippen LogP contribution in [-0.2, 0) is 14.6 Å². The lowest BCUT2D eigenvalue weighted by Crippen LogP contribution is -2.42. The molecule has 0 amide bonds. The van der Waals surface area contributed by atoms with Crippen LogP contribution in [0.25, 0.3) is 0 Å². The van der Waals surface area contributed by atoms with Gasteiger partial charge in [0.1, 0.15) is 0 Å². The van der Waals surface area contributed by atoms with Crippen molar-refractivity contribution in [3.63, 3.8) is 0 Å². The second-order valence-corrected chi connectivity index (χ2v) is 7.91. The lowest BCUT2D eigenvalue weighted by Gasteiger charge is -2.39. The molecule has 0 aromatic heterocycles. The lowest BCUT2D eigenvalue weighted by molar-refractivity contribution is -0.144. The summed E-state index contributed by atoms with van der Waals surface area (Å²) in [6.07, 6.45) is 2.10. The summed E-state index contributed by atoms with van der Waals surface area (Å²) in [7, 11) is -3.19. The molecule has 5 nitrogen and oxygen atoms in total. The zero-order valence-electron chi connectivity index (χ0n) is 11.7. The van der Waals surface area contributed by atoms with Gasteiger partial charge >= 0.3 is 5.97 Å². The number of carbonyl (C=O) groups is 1. The summed E-state index contributed by atoms with van der Waals surface area (Å²) in [5.41, 5.74) is 0.829. The Bertz CT molecular complexity index is 655. The molecule has 6 heteroatoms. The molecule has 2 unspecified atom stereocenters. The molecule has 2 atom stereocenters. The average molecular weight is 309 g/mol. The third kappa shape index (κ3) is 2.70. The summed E-state index contributed by atoms with van der Waals surface area (Å²) in [5, 5.41) is 9.21. The Labute approximate surface area is 124 Å². The molecule has 1 saturated heterocycles. The predicted molar refractivity (Wildman–Crippen MR) is 77.8 cm³/mol. The average Bonchev–Trinajstić information content (AvgIpc) is 2.47. The standard InChI is InChI=1S/C15H19NO4S/c17-15(18)11-4-3-8-16(10-11)13-7-9-21(19,20)14-6-2-1-5-12(13)14/h1-2,5-6,11,13H,3-4,7-10H2,(H,17,18). The van der Waals surface area contributed by atoms with Crippen LogP contribution in [0.2, 0.25) is 0 Å². The maximum Gasteiger partial charge on any atom is 0.307 e. The normalized spacial score (nSPS) is 28.8. The highest BCUT2D eigenvalue weighted by Crippen LogP contribution is 2.37. The van der Waals surface area contributed by atoms with Crippen LogP contribution in [0.5, 0.6) is 0 Å². The van der Waals surface area contributed by atoms with Gasteiger partial charge in [-0.05, 0) is 37.4 Å². The molecular weight excluding hydrogens is 290 g/mol. The van der Waals surface area contributed by atoms with Crippen molar-refractivity contribution in [1.82, 2.24) is 4.90 Å². The van der Waals surface area contributed by atoms with Crippen molar-refractivity contribution in [2.24, 2.45) is 5.92 Å². The van der Waals surface area contributed by atoms with Crippen molar-refractivity contribution in [3.8, 4) is 0 Å². The molecule has 1 aromatic carbocycles. The van der Waals surface area contributed by atoms with E-state index < -0.39 is 15.8 Å². The number of sulfone groups is 1. The number of nitrogens with zero attached hydrogens (tertiary/aromatic N) is 1. The number of fused-ring (bicyclic) bond motifs is 1. The van der Waals surface area contributed by atoms with Crippen LogP contribution in [0.15, 0.2) is 29.2 Å². The van der Waals surface area contributed by atoms with Crippen molar-refractivity contribution >= 4 is 15.8 Å². The van der Waals surface area contributed by atoms with E-state index >= 15 is 0 Å². The van der Waals surface area contributed by atoms with Gasteiger partial charge in [-0.1, -0.05) is 18.2 Å². The molecule has 0 radical (unpaired) electrons. The number of rotatable bonds is 2. The first-order valence-electron chi connectivity index (χ1n) is 7.27. The van der Waals surface area contributed by atoms with Crippen molar-refractivity contribution in [1.29, 1.82) is 0 Å². The second kappa shape index (κ2) is 5.42. The molecule has 1 N–H and O–H groups in total. The van der Waals surface area contributed by atoms with E-state index in [1.165, 1.54) is 0 Å². The Balaban J connectivity index is 1.92. The lowest BCUT2D eigenvalue weighted by atomic mass is 9.93. The van der Waals surface area contributed by atoms with Gasteiger partial charge in [0.2, 0.25) is 0 Å². The minimum Gasteiger partial charge on any atom is -0.481 e. The molecule has 2 aliphatic heterocycles. The number of benzene rings is 1. The van der Waals surface area contributed by atoms with Gasteiger partial charge in [0.05, 0.1) is 16.6 Å². The first-order chi connectivity index (χ1) is 9.99. The van der Waals surface area contributed by atoms with Gasteiger partial charge in [-0.3, -0.25) is 9.69 Å². The van der Waals surface area contributed by atoms with Gasteiger partial charge in [0.25, 0.3) is 0 Å². The fourth-order valence-corrected chi connectivity index (χ4v) is 5.04. The molecule has 2 heterocycles. The number of hydrogen-bond donors (Lipinski definition) is 1. The van der Waals surface area contributed by atoms with E-state index in [1.807, 2.05) is 12.1 Å². The van der Waals surface area contributed by atoms with E-state index in [4.69, 9.17) is 0 Å². The molecule has 114 valence electrons. The fraction of sp³-hybridized carbons (Fsp3) is 0.533. The summed E-state index contributed by atoms with van der Waals surface area (Å²) in [5.74, 6) is -0.955. The van der Waals surface area contributed by atoms with Crippen LogP contribution in [0.4, 0.5) is 0 Å². The van der Waals surface area contributed by atoms with E-state index in [2.05, 4.69) is 4.90 Å². The number of carboxylic acids is 1. The summed E-state index contributed by atoms with van der Waals surface area (Å²) in [6, 6.07) is 7.14. The number of piperidine rings is 1. The first-order valence-corrected chi connectivity index (χ1v) is 8.93. The van der Waals surface area contributed by atoms with Gasteiger partial charge in [0, 0.05) is 12.6 Å². The fourth-order valence-electron chi connectivity index (χ4n) is 3.44. The molecular formula is C15H19NO4S. The van der Waals surface area contributed by atoms with Gasteiger partial charge < -0.3 is 5.11 Å². The van der Waals surface area contributed by atoms with Crippen LogP contribution in [0, 0.1) is 5.92 Å². The molecule has 0 bridgehead atoms. The van der Waals surface area contributed by atoms with Crippen molar-refractivity contribution in [2.75, 3.05) is 18.8 Å². The molecule has 0 saturated carbocycles. The van der Waals surface area contributed by atoms with Crippen LogP contribution in [0.3, 0.4) is 0 Å². The molecule has 0 aliphatic carbocycles. The number of aliphatic carboxylic acids is 1. The Morgan fingerprint density at radius 3 is 2.76 bits per heavy atom. The molecule has 1 aromatic rings. The summed E-state index contributed by atoms with van der Waals surface area (Å²) < 4.78 is 24.3. The van der Waals surface area contributed by atoms with E-state index in [1.54, 1.807) is 12.1 Å². The number of likely N-dealkylation sites (tertiary alicyclic amines) is 1. The Morgan fingerprint density at radius 1 is 1.24 bits per heavy atom. The SMILES string of the molecule is O=C(O)C1CCCN(C2CCS(=O)(=O)c3ccccc32)C1. The van der Waals surface area contributed by atoms with E-state index in [0.717, 1.165) is 18.5 Å². The third-order valence-electron chi connectivity index (χ3n) is 4.52. The zero-order valence-corrected chi connectivity index (χ0v) is 12.6. The number of hydrogen-bond acceptors (Lipinski definition) is 4. The first kappa shape index (κ1) is 14.5. The van der Waals surface area contributed by atoms with Crippen LogP contribution in [0.1, 0.15) is 30.9 Å². The summed E-state index contributed by atoms with van der Waals surface area (Å²) in [4.78, 5) is 13.8. The Hall–Kier alpha value is -1.40. The van der Waals surface area contributed by atoms with Crippen LogP contribution < -0.4 is 0 Å². The Morgan fingerprint density at radius 2 is 2.00 bits per heavy atom. The van der Waals surface area contributed by atoms with Gasteiger partial charge in [-0.25, -0.2) is 8.42 Å². The minimum absolute atomic E-state index is 0.0203. The molecule has 21 heavy (non-hydrogen) atoms. The van der Waals surface area contributed by atoms with E-state index in [9.17, 15) is 18.3 Å². The second-order valence-electron chi connectivity index (χ2n) is 5.83. The highest BCUT2D eigenvalue weighted by Gasteiger charge is 2.36. The largest absolute Gasteiger partial charge is 0.481 e. The van der Waals surface area contributed by atoms with Crippen LogP contribution >= 0.6 is 0 Å². The molecule has 2 aliphatic rings. The summed E-state index contributed by atoms with van der Waals surface area (Å²) in [6.45, 7) is 1.34. The van der Waals surface area contributed by atoms with Gasteiger partial charge in [0.15, 0.2) is 9.84 Å². The van der Waals surface area contributed by atoms with Crippen molar-refractivity contribution < 1.29 is 18.3 Å². The summed E-state index contributed by atoms with van der Waals surface area (Å²) >= 11 is 0. The number of carboxylic acid groups (broad SMARTS) is 1. The minimum atomic E-state index is -3.19. The smallest absolute Gasteiger partial charge is 0.307 e. The highest BCUT2D eigenvalue weighted by molar-refractivity contribution is 7.91. The molecule has 0 spiro atoms.